The molecular weight excluding hydrogens is 298 g/mol. The van der Waals surface area contributed by atoms with E-state index in [-0.39, 0.29) is 11.3 Å². The highest BCUT2D eigenvalue weighted by atomic mass is 16.6. The summed E-state index contributed by atoms with van der Waals surface area (Å²) in [6, 6.07) is 13.0. The number of fused-ring (bicyclic) bond motifs is 1. The first kappa shape index (κ1) is 14.4. The van der Waals surface area contributed by atoms with E-state index in [9.17, 15) is 14.9 Å². The summed E-state index contributed by atoms with van der Waals surface area (Å²) in [5.41, 5.74) is 5.51. The Balaban J connectivity index is 1.83. The number of hydrogen-bond acceptors (Lipinski definition) is 6. The van der Waals surface area contributed by atoms with Crippen LogP contribution in [0.5, 0.6) is 0 Å². The first-order chi connectivity index (χ1) is 11.2. The van der Waals surface area contributed by atoms with Crippen LogP contribution in [0.25, 0.3) is 10.9 Å². The van der Waals surface area contributed by atoms with E-state index in [0.29, 0.717) is 11.3 Å². The largest absolute Gasteiger partial charge is 0.282 e. The van der Waals surface area contributed by atoms with Crippen molar-refractivity contribution in [3.05, 3.63) is 70.5 Å². The van der Waals surface area contributed by atoms with Crippen LogP contribution in [0.3, 0.4) is 0 Å². The maximum absolute atomic E-state index is 12.2. The number of nitrogens with zero attached hydrogens (tertiary/aromatic N) is 3. The van der Waals surface area contributed by atoms with E-state index >= 15 is 0 Å². The van der Waals surface area contributed by atoms with E-state index < -0.39 is 10.8 Å². The Morgan fingerprint density at radius 2 is 1.78 bits per heavy atom. The lowest BCUT2D eigenvalue weighted by molar-refractivity contribution is -0.385. The second-order valence-electron chi connectivity index (χ2n) is 4.59. The molecule has 1 heterocycles. The van der Waals surface area contributed by atoms with Crippen molar-refractivity contribution < 1.29 is 9.72 Å². The summed E-state index contributed by atoms with van der Waals surface area (Å²) >= 11 is 0. The van der Waals surface area contributed by atoms with Gasteiger partial charge in [0.1, 0.15) is 11.9 Å². The molecule has 23 heavy (non-hydrogen) atoms. The van der Waals surface area contributed by atoms with Crippen LogP contribution in [-0.2, 0) is 0 Å². The number of benzene rings is 2. The zero-order valence-electron chi connectivity index (χ0n) is 11.8. The number of aromatic nitrogens is 2. The maximum Gasteiger partial charge on any atom is 0.282 e. The highest BCUT2D eigenvalue weighted by Crippen LogP contribution is 2.19. The van der Waals surface area contributed by atoms with E-state index in [1.165, 1.54) is 24.5 Å². The Bertz CT molecular complexity index is 892. The van der Waals surface area contributed by atoms with Gasteiger partial charge in [-0.25, -0.2) is 9.97 Å². The first-order valence-corrected chi connectivity index (χ1v) is 6.66. The van der Waals surface area contributed by atoms with E-state index in [1.807, 2.05) is 18.2 Å². The number of nitrogens with one attached hydrogen (secondary N) is 2. The van der Waals surface area contributed by atoms with Gasteiger partial charge in [0.15, 0.2) is 5.82 Å². The lowest BCUT2D eigenvalue weighted by Gasteiger charge is -2.09. The molecule has 0 aliphatic carbocycles. The number of carbonyl (C=O) groups is 1. The van der Waals surface area contributed by atoms with Gasteiger partial charge in [0.25, 0.3) is 11.6 Å². The zero-order chi connectivity index (χ0) is 16.2. The predicted molar refractivity (Wildman–Crippen MR) is 83.7 cm³/mol. The zero-order valence-corrected chi connectivity index (χ0v) is 11.8. The quantitative estimate of drug-likeness (QED) is 0.565. The van der Waals surface area contributed by atoms with Gasteiger partial charge in [0.2, 0.25) is 0 Å². The minimum atomic E-state index is -0.625. The Hall–Kier alpha value is -3.55. The SMILES string of the molecule is O=C(NNc1ncnc2ccccc12)c1ccccc1[N+](=O)[O-]. The fourth-order valence-corrected chi connectivity index (χ4v) is 2.11. The molecule has 0 bridgehead atoms. The normalized spacial score (nSPS) is 10.3. The van der Waals surface area contributed by atoms with Crippen LogP contribution in [0.2, 0.25) is 0 Å². The predicted octanol–water partition coefficient (Wildman–Crippen LogP) is 2.29. The first-order valence-electron chi connectivity index (χ1n) is 6.66. The number of anilines is 1. The number of hydrazine groups is 1. The van der Waals surface area contributed by atoms with Crippen LogP contribution >= 0.6 is 0 Å². The Labute approximate surface area is 130 Å². The molecule has 0 fully saturated rings. The highest BCUT2D eigenvalue weighted by Gasteiger charge is 2.19. The third-order valence-corrected chi connectivity index (χ3v) is 3.18. The number of carbonyl (C=O) groups excluding carboxylic acids is 1. The van der Waals surface area contributed by atoms with Crippen LogP contribution < -0.4 is 10.9 Å². The van der Waals surface area contributed by atoms with E-state index in [2.05, 4.69) is 20.8 Å². The molecular formula is C15H11N5O3. The number of hydrogen-bond donors (Lipinski definition) is 2. The third-order valence-electron chi connectivity index (χ3n) is 3.18. The van der Waals surface area contributed by atoms with Gasteiger partial charge in [-0.15, -0.1) is 0 Å². The van der Waals surface area contributed by atoms with Crippen molar-refractivity contribution in [1.82, 2.24) is 15.4 Å². The summed E-state index contributed by atoms with van der Waals surface area (Å²) in [6.45, 7) is 0. The van der Waals surface area contributed by atoms with E-state index in [0.717, 1.165) is 5.39 Å². The summed E-state index contributed by atoms with van der Waals surface area (Å²) in [7, 11) is 0. The van der Waals surface area contributed by atoms with Crippen LogP contribution in [0, 0.1) is 10.1 Å². The molecule has 8 nitrogen and oxygen atoms in total. The van der Waals surface area contributed by atoms with Gasteiger partial charge < -0.3 is 0 Å². The van der Waals surface area contributed by atoms with Crippen molar-refractivity contribution in [1.29, 1.82) is 0 Å². The smallest absolute Gasteiger partial charge is 0.281 e. The Morgan fingerprint density at radius 3 is 2.61 bits per heavy atom. The molecule has 0 saturated heterocycles. The second kappa shape index (κ2) is 6.06. The van der Waals surface area contributed by atoms with Gasteiger partial charge in [-0.05, 0) is 18.2 Å². The van der Waals surface area contributed by atoms with E-state index in [4.69, 9.17) is 0 Å². The van der Waals surface area contributed by atoms with Crippen LogP contribution in [0.15, 0.2) is 54.9 Å². The average molecular weight is 309 g/mol. The van der Waals surface area contributed by atoms with Gasteiger partial charge in [0, 0.05) is 11.5 Å². The number of rotatable bonds is 4. The molecule has 0 radical (unpaired) electrons. The molecule has 114 valence electrons. The fraction of sp³-hybridized carbons (Fsp3) is 0. The minimum absolute atomic E-state index is 0.0386. The highest BCUT2D eigenvalue weighted by molar-refractivity contribution is 5.99. The molecule has 0 atom stereocenters. The van der Waals surface area contributed by atoms with Gasteiger partial charge in [-0.3, -0.25) is 25.8 Å². The molecule has 2 N–H and O–H groups in total. The lowest BCUT2D eigenvalue weighted by atomic mass is 10.2. The van der Waals surface area contributed by atoms with Gasteiger partial charge in [-0.2, -0.15) is 0 Å². The average Bonchev–Trinajstić information content (AvgIpc) is 2.59. The number of amides is 1. The van der Waals surface area contributed by atoms with Crippen molar-refractivity contribution in [2.24, 2.45) is 0 Å². The summed E-state index contributed by atoms with van der Waals surface area (Å²) in [5.74, 6) is -0.220. The van der Waals surface area contributed by atoms with Crippen LogP contribution in [0.1, 0.15) is 10.4 Å². The van der Waals surface area contributed by atoms with Crippen molar-refractivity contribution >= 4 is 28.3 Å². The van der Waals surface area contributed by atoms with Crippen molar-refractivity contribution in [3.63, 3.8) is 0 Å². The molecule has 0 saturated carbocycles. The van der Waals surface area contributed by atoms with Crippen molar-refractivity contribution in [2.45, 2.75) is 0 Å². The Morgan fingerprint density at radius 1 is 1.04 bits per heavy atom. The van der Waals surface area contributed by atoms with Gasteiger partial charge >= 0.3 is 0 Å². The number of para-hydroxylation sites is 2. The standard InChI is InChI=1S/C15H11N5O3/c21-15(11-6-2-4-8-13(11)20(22)23)19-18-14-10-5-1-3-7-12(10)16-9-17-14/h1-9H,(H,19,21)(H,16,17,18). The molecule has 3 rings (SSSR count). The third kappa shape index (κ3) is 2.91. The molecule has 2 aromatic carbocycles. The molecule has 1 aromatic heterocycles. The summed E-state index contributed by atoms with van der Waals surface area (Å²) < 4.78 is 0. The minimum Gasteiger partial charge on any atom is -0.281 e. The fourth-order valence-electron chi connectivity index (χ4n) is 2.11. The molecule has 0 spiro atoms. The van der Waals surface area contributed by atoms with Crippen molar-refractivity contribution in [2.75, 3.05) is 5.43 Å². The Kier molecular flexibility index (Phi) is 3.79. The van der Waals surface area contributed by atoms with Gasteiger partial charge in [0.05, 0.1) is 10.4 Å². The lowest BCUT2D eigenvalue weighted by Crippen LogP contribution is -2.30. The summed E-state index contributed by atoms with van der Waals surface area (Å²) in [6.07, 6.45) is 1.36. The summed E-state index contributed by atoms with van der Waals surface area (Å²) in [4.78, 5) is 30.7. The topological polar surface area (TPSA) is 110 Å². The molecule has 3 aromatic rings. The molecule has 0 aliphatic rings. The maximum atomic E-state index is 12.2. The molecule has 1 amide bonds. The van der Waals surface area contributed by atoms with Crippen molar-refractivity contribution in [3.8, 4) is 0 Å². The monoisotopic (exact) mass is 309 g/mol. The van der Waals surface area contributed by atoms with Gasteiger partial charge in [-0.1, -0.05) is 24.3 Å². The molecule has 0 aliphatic heterocycles. The van der Waals surface area contributed by atoms with Crippen LogP contribution in [0.4, 0.5) is 11.5 Å². The van der Waals surface area contributed by atoms with E-state index in [1.54, 1.807) is 12.1 Å². The molecule has 0 unspecified atom stereocenters. The molecule has 8 heteroatoms. The van der Waals surface area contributed by atoms with Crippen LogP contribution in [-0.4, -0.2) is 20.8 Å². The number of nitro benzene ring substituents is 1. The summed E-state index contributed by atoms with van der Waals surface area (Å²) in [5, 5.41) is 11.7. The second-order valence-corrected chi connectivity index (χ2v) is 4.59. The number of nitro groups is 1.